The highest BCUT2D eigenvalue weighted by Gasteiger charge is 2.15. The highest BCUT2D eigenvalue weighted by Crippen LogP contribution is 2.31. The van der Waals surface area contributed by atoms with Gasteiger partial charge in [-0.05, 0) is 42.5 Å². The minimum atomic E-state index is -0.296. The molecule has 1 heterocycles. The Bertz CT molecular complexity index is 1430. The molecular formula is C28H19Cl2N3O. The summed E-state index contributed by atoms with van der Waals surface area (Å²) in [5.74, 6) is -0.296. The van der Waals surface area contributed by atoms with E-state index in [9.17, 15) is 4.79 Å². The van der Waals surface area contributed by atoms with Crippen molar-refractivity contribution in [3.63, 3.8) is 0 Å². The van der Waals surface area contributed by atoms with Crippen LogP contribution in [0.4, 0.5) is 5.69 Å². The number of hydrogen-bond acceptors (Lipinski definition) is 2. The molecule has 166 valence electrons. The van der Waals surface area contributed by atoms with Crippen LogP contribution in [0.25, 0.3) is 28.2 Å². The largest absolute Gasteiger partial charge is 0.319 e. The predicted molar refractivity (Wildman–Crippen MR) is 139 cm³/mol. The summed E-state index contributed by atoms with van der Waals surface area (Å²) in [4.78, 5) is 12.8. The fourth-order valence-corrected chi connectivity index (χ4v) is 4.19. The van der Waals surface area contributed by atoms with Crippen LogP contribution in [0, 0.1) is 0 Å². The van der Waals surface area contributed by atoms with Gasteiger partial charge in [0, 0.05) is 16.7 Å². The van der Waals surface area contributed by atoms with Gasteiger partial charge in [0.15, 0.2) is 0 Å². The van der Waals surface area contributed by atoms with Crippen molar-refractivity contribution in [1.82, 2.24) is 9.78 Å². The SMILES string of the molecule is O=C(Nc1c(Cl)cccc1Cl)c1ccc(-n2nc(-c3ccccc3)cc2-c2ccccc2)cc1. The van der Waals surface area contributed by atoms with Gasteiger partial charge in [-0.25, -0.2) is 4.68 Å². The molecule has 34 heavy (non-hydrogen) atoms. The van der Waals surface area contributed by atoms with Crippen molar-refractivity contribution in [3.8, 4) is 28.2 Å². The van der Waals surface area contributed by atoms with Crippen LogP contribution in [0.1, 0.15) is 10.4 Å². The molecule has 6 heteroatoms. The second-order valence-electron chi connectivity index (χ2n) is 7.66. The second kappa shape index (κ2) is 9.56. The first-order valence-electron chi connectivity index (χ1n) is 10.7. The average Bonchev–Trinajstić information content (AvgIpc) is 3.33. The molecule has 0 radical (unpaired) electrons. The number of amides is 1. The van der Waals surface area contributed by atoms with E-state index in [2.05, 4.69) is 23.5 Å². The number of carbonyl (C=O) groups excluding carboxylic acids is 1. The van der Waals surface area contributed by atoms with Crippen molar-refractivity contribution in [1.29, 1.82) is 0 Å². The summed E-state index contributed by atoms with van der Waals surface area (Å²) in [6.45, 7) is 0. The van der Waals surface area contributed by atoms with Crippen molar-refractivity contribution >= 4 is 34.8 Å². The first-order chi connectivity index (χ1) is 16.6. The Balaban J connectivity index is 1.49. The summed E-state index contributed by atoms with van der Waals surface area (Å²) in [6, 6.07) is 34.6. The summed E-state index contributed by atoms with van der Waals surface area (Å²) in [6.07, 6.45) is 0. The van der Waals surface area contributed by atoms with Crippen LogP contribution in [0.3, 0.4) is 0 Å². The van der Waals surface area contributed by atoms with Crippen LogP contribution in [0.2, 0.25) is 10.0 Å². The molecule has 0 saturated heterocycles. The van der Waals surface area contributed by atoms with E-state index < -0.39 is 0 Å². The first kappa shape index (κ1) is 22.0. The van der Waals surface area contributed by atoms with E-state index in [1.807, 2.05) is 65.3 Å². The molecule has 0 fully saturated rings. The molecular weight excluding hydrogens is 465 g/mol. The van der Waals surface area contributed by atoms with Crippen molar-refractivity contribution < 1.29 is 4.79 Å². The number of halogens is 2. The Morgan fingerprint density at radius 2 is 1.29 bits per heavy atom. The zero-order chi connectivity index (χ0) is 23.5. The molecule has 0 bridgehead atoms. The normalized spacial score (nSPS) is 10.8. The second-order valence-corrected chi connectivity index (χ2v) is 8.47. The minimum absolute atomic E-state index is 0.296. The number of nitrogens with zero attached hydrogens (tertiary/aromatic N) is 2. The fourth-order valence-electron chi connectivity index (χ4n) is 3.70. The molecule has 0 spiro atoms. The maximum atomic E-state index is 12.8. The van der Waals surface area contributed by atoms with Crippen LogP contribution in [-0.2, 0) is 0 Å². The van der Waals surface area contributed by atoms with Gasteiger partial charge in [-0.2, -0.15) is 5.10 Å². The summed E-state index contributed by atoms with van der Waals surface area (Å²) in [5, 5.41) is 8.43. The van der Waals surface area contributed by atoms with Gasteiger partial charge in [0.2, 0.25) is 0 Å². The number of rotatable bonds is 5. The smallest absolute Gasteiger partial charge is 0.255 e. The van der Waals surface area contributed by atoms with E-state index in [1.165, 1.54) is 0 Å². The lowest BCUT2D eigenvalue weighted by Crippen LogP contribution is -2.12. The van der Waals surface area contributed by atoms with Crippen LogP contribution >= 0.6 is 23.2 Å². The van der Waals surface area contributed by atoms with Crippen LogP contribution in [0.15, 0.2) is 109 Å². The van der Waals surface area contributed by atoms with Crippen molar-refractivity contribution in [3.05, 3.63) is 125 Å². The number of anilines is 1. The van der Waals surface area contributed by atoms with E-state index in [0.29, 0.717) is 21.3 Å². The maximum absolute atomic E-state index is 12.8. The third-order valence-electron chi connectivity index (χ3n) is 5.42. The third kappa shape index (κ3) is 4.46. The van der Waals surface area contributed by atoms with Gasteiger partial charge in [0.1, 0.15) is 0 Å². The molecule has 0 saturated carbocycles. The zero-order valence-corrected chi connectivity index (χ0v) is 19.5. The quantitative estimate of drug-likeness (QED) is 0.277. The molecule has 0 unspecified atom stereocenters. The molecule has 4 aromatic carbocycles. The lowest BCUT2D eigenvalue weighted by Gasteiger charge is -2.11. The van der Waals surface area contributed by atoms with Gasteiger partial charge in [-0.1, -0.05) is 89.9 Å². The van der Waals surface area contributed by atoms with Crippen LogP contribution in [0.5, 0.6) is 0 Å². The summed E-state index contributed by atoms with van der Waals surface area (Å²) in [5.41, 5.74) is 5.63. The van der Waals surface area contributed by atoms with Gasteiger partial charge in [-0.3, -0.25) is 4.79 Å². The summed E-state index contributed by atoms with van der Waals surface area (Å²) >= 11 is 12.4. The van der Waals surface area contributed by atoms with Crippen LogP contribution < -0.4 is 5.32 Å². The van der Waals surface area contributed by atoms with Gasteiger partial charge < -0.3 is 5.32 Å². The molecule has 1 amide bonds. The molecule has 5 rings (SSSR count). The van der Waals surface area contributed by atoms with E-state index >= 15 is 0 Å². The zero-order valence-electron chi connectivity index (χ0n) is 18.0. The van der Waals surface area contributed by atoms with E-state index in [1.54, 1.807) is 30.3 Å². The maximum Gasteiger partial charge on any atom is 0.255 e. The Morgan fingerprint density at radius 3 is 1.91 bits per heavy atom. The lowest BCUT2D eigenvalue weighted by molar-refractivity contribution is 0.102. The number of aromatic nitrogens is 2. The Kier molecular flexibility index (Phi) is 6.17. The van der Waals surface area contributed by atoms with Gasteiger partial charge in [-0.15, -0.1) is 0 Å². The van der Waals surface area contributed by atoms with E-state index in [-0.39, 0.29) is 5.91 Å². The molecule has 5 aromatic rings. The van der Waals surface area contributed by atoms with Crippen molar-refractivity contribution in [2.45, 2.75) is 0 Å². The number of nitrogens with one attached hydrogen (secondary N) is 1. The Morgan fingerprint density at radius 1 is 0.706 bits per heavy atom. The summed E-state index contributed by atoms with van der Waals surface area (Å²) < 4.78 is 1.89. The molecule has 0 aliphatic heterocycles. The fraction of sp³-hybridized carbons (Fsp3) is 0. The van der Waals surface area contributed by atoms with Gasteiger partial charge in [0.05, 0.1) is 32.8 Å². The Labute approximate surface area is 207 Å². The Hall–Kier alpha value is -3.86. The molecule has 0 aliphatic rings. The van der Waals surface area contributed by atoms with Gasteiger partial charge in [0.25, 0.3) is 5.91 Å². The number of para-hydroxylation sites is 1. The monoisotopic (exact) mass is 483 g/mol. The van der Waals surface area contributed by atoms with Crippen LogP contribution in [-0.4, -0.2) is 15.7 Å². The third-order valence-corrected chi connectivity index (χ3v) is 6.05. The molecule has 1 N–H and O–H groups in total. The lowest BCUT2D eigenvalue weighted by atomic mass is 10.1. The molecule has 4 nitrogen and oxygen atoms in total. The highest BCUT2D eigenvalue weighted by molar-refractivity contribution is 6.40. The number of benzene rings is 4. The molecule has 0 atom stereocenters. The minimum Gasteiger partial charge on any atom is -0.319 e. The van der Waals surface area contributed by atoms with Gasteiger partial charge >= 0.3 is 0 Å². The van der Waals surface area contributed by atoms with E-state index in [0.717, 1.165) is 28.2 Å². The molecule has 0 aliphatic carbocycles. The average molecular weight is 484 g/mol. The van der Waals surface area contributed by atoms with E-state index in [4.69, 9.17) is 28.3 Å². The predicted octanol–water partition coefficient (Wildman–Crippen LogP) is 7.77. The topological polar surface area (TPSA) is 46.9 Å². The highest BCUT2D eigenvalue weighted by atomic mass is 35.5. The van der Waals surface area contributed by atoms with Crippen molar-refractivity contribution in [2.75, 3.05) is 5.32 Å². The first-order valence-corrected chi connectivity index (χ1v) is 11.4. The number of carbonyl (C=O) groups is 1. The standard InChI is InChI=1S/C28H19Cl2N3O/c29-23-12-7-13-24(30)27(23)31-28(34)21-14-16-22(17-15-21)33-26(20-10-5-2-6-11-20)18-25(32-33)19-8-3-1-4-9-19/h1-18H,(H,31,34). The number of hydrogen-bond donors (Lipinski definition) is 1. The summed E-state index contributed by atoms with van der Waals surface area (Å²) in [7, 11) is 0. The molecule has 1 aromatic heterocycles. The van der Waals surface area contributed by atoms with Crippen molar-refractivity contribution in [2.24, 2.45) is 0 Å².